The normalized spacial score (nSPS) is 15.5. The molecule has 3 nitrogen and oxygen atoms in total. The van der Waals surface area contributed by atoms with Crippen molar-refractivity contribution in [3.63, 3.8) is 0 Å². The smallest absolute Gasteiger partial charge is 0.235 e. The van der Waals surface area contributed by atoms with Gasteiger partial charge in [-0.15, -0.1) is 0 Å². The van der Waals surface area contributed by atoms with E-state index in [9.17, 15) is 9.18 Å². The summed E-state index contributed by atoms with van der Waals surface area (Å²) in [4.78, 5) is 16.0. The highest BCUT2D eigenvalue weighted by molar-refractivity contribution is 6.35. The van der Waals surface area contributed by atoms with Crippen LogP contribution in [0, 0.1) is 5.82 Å². The van der Waals surface area contributed by atoms with Gasteiger partial charge in [0.2, 0.25) is 5.91 Å². The third-order valence-electron chi connectivity index (χ3n) is 4.52. The average molecular weight is 363 g/mol. The van der Waals surface area contributed by atoms with Crippen molar-refractivity contribution < 1.29 is 9.18 Å². The van der Waals surface area contributed by atoms with Crippen LogP contribution in [0.15, 0.2) is 42.6 Å². The molecule has 122 valence electrons. The molecule has 0 saturated heterocycles. The average Bonchev–Trinajstić information content (AvgIpc) is 3.25. The molecule has 2 N–H and O–H groups in total. The fourth-order valence-corrected chi connectivity index (χ4v) is 3.40. The highest BCUT2D eigenvalue weighted by Crippen LogP contribution is 2.51. The van der Waals surface area contributed by atoms with Gasteiger partial charge in [0, 0.05) is 22.1 Å². The van der Waals surface area contributed by atoms with Crippen LogP contribution in [0.4, 0.5) is 10.1 Å². The number of aromatic amines is 1. The largest absolute Gasteiger partial charge is 0.361 e. The Balaban J connectivity index is 1.71. The van der Waals surface area contributed by atoms with E-state index in [1.165, 1.54) is 12.1 Å². The second-order valence-corrected chi connectivity index (χ2v) is 6.90. The minimum absolute atomic E-state index is 0.156. The minimum atomic E-state index is -0.655. The van der Waals surface area contributed by atoms with E-state index >= 15 is 0 Å². The van der Waals surface area contributed by atoms with Crippen LogP contribution in [-0.4, -0.2) is 10.9 Å². The molecule has 0 bridgehead atoms. The number of benzene rings is 2. The van der Waals surface area contributed by atoms with E-state index in [4.69, 9.17) is 23.2 Å². The molecular formula is C18H13Cl2FN2O. The highest BCUT2D eigenvalue weighted by Gasteiger charge is 2.52. The Bertz CT molecular complexity index is 963. The van der Waals surface area contributed by atoms with Crippen LogP contribution in [0.5, 0.6) is 0 Å². The lowest BCUT2D eigenvalue weighted by molar-refractivity contribution is -0.118. The van der Waals surface area contributed by atoms with Gasteiger partial charge in [0.25, 0.3) is 0 Å². The van der Waals surface area contributed by atoms with Crippen LogP contribution < -0.4 is 5.32 Å². The van der Waals surface area contributed by atoms with Gasteiger partial charge in [-0.25, -0.2) is 4.39 Å². The summed E-state index contributed by atoms with van der Waals surface area (Å²) < 4.78 is 13.6. The Morgan fingerprint density at radius 1 is 1.17 bits per heavy atom. The summed E-state index contributed by atoms with van der Waals surface area (Å²) in [5, 5.41) is 4.51. The van der Waals surface area contributed by atoms with Gasteiger partial charge >= 0.3 is 0 Å². The fourth-order valence-electron chi connectivity index (χ4n) is 3.07. The summed E-state index contributed by atoms with van der Waals surface area (Å²) in [7, 11) is 0. The Morgan fingerprint density at radius 2 is 1.96 bits per heavy atom. The maximum atomic E-state index is 13.6. The van der Waals surface area contributed by atoms with Gasteiger partial charge in [0.1, 0.15) is 5.82 Å². The number of rotatable bonds is 3. The van der Waals surface area contributed by atoms with Gasteiger partial charge in [-0.2, -0.15) is 0 Å². The zero-order valence-electron chi connectivity index (χ0n) is 12.5. The van der Waals surface area contributed by atoms with Crippen molar-refractivity contribution in [1.82, 2.24) is 4.98 Å². The Morgan fingerprint density at radius 3 is 2.71 bits per heavy atom. The number of nitrogens with one attached hydrogen (secondary N) is 2. The van der Waals surface area contributed by atoms with Crippen molar-refractivity contribution in [1.29, 1.82) is 0 Å². The Hall–Kier alpha value is -2.04. The van der Waals surface area contributed by atoms with Crippen molar-refractivity contribution >= 4 is 45.7 Å². The zero-order chi connectivity index (χ0) is 16.9. The first-order valence-corrected chi connectivity index (χ1v) is 8.29. The lowest BCUT2D eigenvalue weighted by Gasteiger charge is -2.16. The molecule has 0 spiro atoms. The van der Waals surface area contributed by atoms with E-state index in [0.29, 0.717) is 28.6 Å². The van der Waals surface area contributed by atoms with Crippen LogP contribution >= 0.6 is 23.2 Å². The van der Waals surface area contributed by atoms with Gasteiger partial charge in [-0.1, -0.05) is 23.2 Å². The van der Waals surface area contributed by atoms with Crippen molar-refractivity contribution in [2.24, 2.45) is 0 Å². The van der Waals surface area contributed by atoms with Gasteiger partial charge in [-0.3, -0.25) is 4.79 Å². The molecule has 1 aliphatic rings. The second kappa shape index (κ2) is 5.50. The molecule has 6 heteroatoms. The van der Waals surface area contributed by atoms with E-state index in [1.54, 1.807) is 30.5 Å². The van der Waals surface area contributed by atoms with Gasteiger partial charge in [0.15, 0.2) is 0 Å². The Labute approximate surface area is 147 Å². The van der Waals surface area contributed by atoms with Crippen molar-refractivity contribution in [3.8, 4) is 0 Å². The highest BCUT2D eigenvalue weighted by atomic mass is 35.5. The number of anilines is 1. The molecule has 1 fully saturated rings. The van der Waals surface area contributed by atoms with E-state index < -0.39 is 5.41 Å². The maximum Gasteiger partial charge on any atom is 0.235 e. The molecule has 0 atom stereocenters. The summed E-state index contributed by atoms with van der Waals surface area (Å²) in [6.45, 7) is 0. The number of H-pyrrole nitrogens is 1. The van der Waals surface area contributed by atoms with Crippen molar-refractivity contribution in [3.05, 3.63) is 64.0 Å². The minimum Gasteiger partial charge on any atom is -0.361 e. The third-order valence-corrected chi connectivity index (χ3v) is 5.09. The third kappa shape index (κ3) is 2.46. The standard InChI is InChI=1S/C18H13Cl2FN2O/c19-10-1-3-14(20)16(7-10)23-17(24)18(5-6-18)13-9-22-15-4-2-11(21)8-12(13)15/h1-4,7-9,22H,5-6H2,(H,23,24). The molecule has 1 aliphatic carbocycles. The zero-order valence-corrected chi connectivity index (χ0v) is 14.0. The van der Waals surface area contributed by atoms with Gasteiger partial charge in [0.05, 0.1) is 16.1 Å². The summed E-state index contributed by atoms with van der Waals surface area (Å²) in [6, 6.07) is 9.45. The predicted octanol–water partition coefficient (Wildman–Crippen LogP) is 5.28. The SMILES string of the molecule is O=C(Nc1cc(Cl)ccc1Cl)C1(c2c[nH]c3ccc(F)cc23)CC1. The summed E-state index contributed by atoms with van der Waals surface area (Å²) in [5.74, 6) is -0.478. The number of hydrogen-bond donors (Lipinski definition) is 2. The number of amides is 1. The molecule has 1 aromatic heterocycles. The molecule has 24 heavy (non-hydrogen) atoms. The maximum absolute atomic E-state index is 13.6. The molecule has 4 rings (SSSR count). The molecule has 0 unspecified atom stereocenters. The molecular weight excluding hydrogens is 350 g/mol. The monoisotopic (exact) mass is 362 g/mol. The summed E-state index contributed by atoms with van der Waals surface area (Å²) in [6.07, 6.45) is 3.21. The molecule has 1 saturated carbocycles. The van der Waals surface area contributed by atoms with Crippen LogP contribution in [0.1, 0.15) is 18.4 Å². The quantitative estimate of drug-likeness (QED) is 0.653. The number of carbonyl (C=O) groups excluding carboxylic acids is 1. The van der Waals surface area contributed by atoms with Crippen LogP contribution in [0.25, 0.3) is 10.9 Å². The molecule has 0 radical (unpaired) electrons. The van der Waals surface area contributed by atoms with E-state index in [-0.39, 0.29) is 11.7 Å². The number of halogens is 3. The van der Waals surface area contributed by atoms with Crippen molar-refractivity contribution in [2.75, 3.05) is 5.32 Å². The lowest BCUT2D eigenvalue weighted by Crippen LogP contribution is -2.27. The molecule has 1 heterocycles. The molecule has 0 aliphatic heterocycles. The predicted molar refractivity (Wildman–Crippen MR) is 94.3 cm³/mol. The van der Waals surface area contributed by atoms with Crippen LogP contribution in [-0.2, 0) is 10.2 Å². The molecule has 1 amide bonds. The molecule has 2 aromatic carbocycles. The number of fused-ring (bicyclic) bond motifs is 1. The van der Waals surface area contributed by atoms with Gasteiger partial charge in [-0.05, 0) is 54.8 Å². The van der Waals surface area contributed by atoms with E-state index in [2.05, 4.69) is 10.3 Å². The summed E-state index contributed by atoms with van der Waals surface area (Å²) in [5.41, 5.74) is 1.45. The van der Waals surface area contributed by atoms with E-state index in [0.717, 1.165) is 16.5 Å². The van der Waals surface area contributed by atoms with Crippen LogP contribution in [0.3, 0.4) is 0 Å². The second-order valence-electron chi connectivity index (χ2n) is 6.05. The van der Waals surface area contributed by atoms with Crippen molar-refractivity contribution in [2.45, 2.75) is 18.3 Å². The van der Waals surface area contributed by atoms with Gasteiger partial charge < -0.3 is 10.3 Å². The van der Waals surface area contributed by atoms with E-state index in [1.807, 2.05) is 0 Å². The number of carbonyl (C=O) groups is 1. The molecule has 3 aromatic rings. The first-order valence-electron chi connectivity index (χ1n) is 7.53. The lowest BCUT2D eigenvalue weighted by atomic mass is 9.94. The topological polar surface area (TPSA) is 44.9 Å². The fraction of sp³-hybridized carbons (Fsp3) is 0.167. The number of aromatic nitrogens is 1. The van der Waals surface area contributed by atoms with Crippen LogP contribution in [0.2, 0.25) is 10.0 Å². The Kier molecular flexibility index (Phi) is 3.55. The first-order chi connectivity index (χ1) is 11.5. The first kappa shape index (κ1) is 15.5. The summed E-state index contributed by atoms with van der Waals surface area (Å²) >= 11 is 12.1. The number of hydrogen-bond acceptors (Lipinski definition) is 1.